The SMILES string of the molecule is CCNC(Cc1ccn(C)n1)c1cccc(Cl)c1C. The van der Waals surface area contributed by atoms with Gasteiger partial charge in [0.1, 0.15) is 0 Å². The van der Waals surface area contributed by atoms with Crippen LogP contribution in [0.25, 0.3) is 0 Å². The molecule has 1 unspecified atom stereocenters. The van der Waals surface area contributed by atoms with Crippen molar-refractivity contribution < 1.29 is 0 Å². The molecule has 2 aromatic rings. The Labute approximate surface area is 119 Å². The summed E-state index contributed by atoms with van der Waals surface area (Å²) in [5.74, 6) is 0. The highest BCUT2D eigenvalue weighted by molar-refractivity contribution is 6.31. The highest BCUT2D eigenvalue weighted by atomic mass is 35.5. The molecule has 0 radical (unpaired) electrons. The Balaban J connectivity index is 2.26. The van der Waals surface area contributed by atoms with Crippen molar-refractivity contribution in [3.63, 3.8) is 0 Å². The van der Waals surface area contributed by atoms with Crippen LogP contribution in [-0.4, -0.2) is 16.3 Å². The van der Waals surface area contributed by atoms with E-state index in [2.05, 4.69) is 36.4 Å². The van der Waals surface area contributed by atoms with Gasteiger partial charge < -0.3 is 5.32 Å². The van der Waals surface area contributed by atoms with E-state index in [0.29, 0.717) is 0 Å². The van der Waals surface area contributed by atoms with Gasteiger partial charge in [0.25, 0.3) is 0 Å². The highest BCUT2D eigenvalue weighted by Gasteiger charge is 2.15. The summed E-state index contributed by atoms with van der Waals surface area (Å²) >= 11 is 6.22. The average molecular weight is 278 g/mol. The normalized spacial score (nSPS) is 12.6. The summed E-state index contributed by atoms with van der Waals surface area (Å²) in [6.45, 7) is 5.11. The lowest BCUT2D eigenvalue weighted by molar-refractivity contribution is 0.537. The van der Waals surface area contributed by atoms with E-state index in [1.807, 2.05) is 30.1 Å². The van der Waals surface area contributed by atoms with Gasteiger partial charge in [-0.2, -0.15) is 5.10 Å². The topological polar surface area (TPSA) is 29.9 Å². The van der Waals surface area contributed by atoms with Crippen molar-refractivity contribution in [1.29, 1.82) is 0 Å². The summed E-state index contributed by atoms with van der Waals surface area (Å²) in [6, 6.07) is 8.39. The second kappa shape index (κ2) is 6.22. The van der Waals surface area contributed by atoms with Gasteiger partial charge in [0.05, 0.1) is 5.69 Å². The van der Waals surface area contributed by atoms with E-state index in [4.69, 9.17) is 11.6 Å². The van der Waals surface area contributed by atoms with Crippen LogP contribution < -0.4 is 5.32 Å². The summed E-state index contributed by atoms with van der Waals surface area (Å²) in [5, 5.41) is 8.79. The van der Waals surface area contributed by atoms with Crippen molar-refractivity contribution >= 4 is 11.6 Å². The first-order chi connectivity index (χ1) is 9.11. The summed E-state index contributed by atoms with van der Waals surface area (Å²) in [7, 11) is 1.94. The number of rotatable bonds is 5. The molecule has 0 amide bonds. The molecule has 0 aliphatic rings. The molecule has 19 heavy (non-hydrogen) atoms. The molecule has 1 atom stereocenters. The summed E-state index contributed by atoms with van der Waals surface area (Å²) < 4.78 is 1.84. The maximum atomic E-state index is 6.22. The van der Waals surface area contributed by atoms with E-state index in [1.54, 1.807) is 0 Å². The minimum absolute atomic E-state index is 0.249. The van der Waals surface area contributed by atoms with Gasteiger partial charge in [-0.25, -0.2) is 0 Å². The number of hydrogen-bond acceptors (Lipinski definition) is 2. The molecule has 0 aliphatic heterocycles. The Morgan fingerprint density at radius 3 is 2.79 bits per heavy atom. The van der Waals surface area contributed by atoms with Gasteiger partial charge >= 0.3 is 0 Å². The fraction of sp³-hybridized carbons (Fsp3) is 0.400. The fourth-order valence-corrected chi connectivity index (χ4v) is 2.50. The molecule has 1 aromatic carbocycles. The Hall–Kier alpha value is -1.32. The molecule has 1 heterocycles. The standard InChI is InChI=1S/C15H20ClN3/c1-4-17-15(10-12-8-9-19(3)18-12)13-6-5-7-14(16)11(13)2/h5-9,15,17H,4,10H2,1-3H3. The number of benzene rings is 1. The smallest absolute Gasteiger partial charge is 0.0643 e. The third kappa shape index (κ3) is 3.37. The van der Waals surface area contributed by atoms with Crippen LogP contribution in [0.3, 0.4) is 0 Å². The summed E-state index contributed by atoms with van der Waals surface area (Å²) in [6.07, 6.45) is 2.85. The molecule has 4 heteroatoms. The van der Waals surface area contributed by atoms with Crippen LogP contribution in [0.15, 0.2) is 30.5 Å². The van der Waals surface area contributed by atoms with Crippen LogP contribution in [0.5, 0.6) is 0 Å². The molecular formula is C15H20ClN3. The number of hydrogen-bond donors (Lipinski definition) is 1. The largest absolute Gasteiger partial charge is 0.310 e. The predicted octanol–water partition coefficient (Wildman–Crippen LogP) is 3.28. The predicted molar refractivity (Wildman–Crippen MR) is 79.5 cm³/mol. The quantitative estimate of drug-likeness (QED) is 0.909. The Morgan fingerprint density at radius 1 is 1.37 bits per heavy atom. The van der Waals surface area contributed by atoms with Gasteiger partial charge in [0, 0.05) is 30.7 Å². The van der Waals surface area contributed by atoms with Gasteiger partial charge in [0.15, 0.2) is 0 Å². The summed E-state index contributed by atoms with van der Waals surface area (Å²) in [4.78, 5) is 0. The Bertz CT molecular complexity index is 548. The monoisotopic (exact) mass is 277 g/mol. The van der Waals surface area contributed by atoms with Crippen molar-refractivity contribution in [2.24, 2.45) is 7.05 Å². The van der Waals surface area contributed by atoms with Crippen LogP contribution in [0.4, 0.5) is 0 Å². The van der Waals surface area contributed by atoms with Gasteiger partial charge in [0.2, 0.25) is 0 Å². The molecule has 0 saturated heterocycles. The molecule has 3 nitrogen and oxygen atoms in total. The van der Waals surface area contributed by atoms with Gasteiger partial charge in [-0.3, -0.25) is 4.68 Å². The number of likely N-dealkylation sites (N-methyl/N-ethyl adjacent to an activating group) is 1. The van der Waals surface area contributed by atoms with E-state index in [0.717, 1.165) is 29.2 Å². The van der Waals surface area contributed by atoms with Crippen LogP contribution in [0.2, 0.25) is 5.02 Å². The lowest BCUT2D eigenvalue weighted by Crippen LogP contribution is -2.24. The molecule has 0 saturated carbocycles. The van der Waals surface area contributed by atoms with Crippen LogP contribution in [-0.2, 0) is 13.5 Å². The zero-order valence-electron chi connectivity index (χ0n) is 11.7. The first-order valence-electron chi connectivity index (χ1n) is 6.58. The number of nitrogens with zero attached hydrogens (tertiary/aromatic N) is 2. The molecule has 0 spiro atoms. The van der Waals surface area contributed by atoms with E-state index in [1.165, 1.54) is 5.56 Å². The van der Waals surface area contributed by atoms with Crippen molar-refractivity contribution in [2.45, 2.75) is 26.3 Å². The maximum Gasteiger partial charge on any atom is 0.0643 e. The maximum absolute atomic E-state index is 6.22. The molecule has 0 bridgehead atoms. The van der Waals surface area contributed by atoms with Crippen molar-refractivity contribution in [3.05, 3.63) is 52.3 Å². The van der Waals surface area contributed by atoms with Crippen molar-refractivity contribution in [1.82, 2.24) is 15.1 Å². The third-order valence-corrected chi connectivity index (χ3v) is 3.73. The average Bonchev–Trinajstić information content (AvgIpc) is 2.78. The van der Waals surface area contributed by atoms with E-state index >= 15 is 0 Å². The Kier molecular flexibility index (Phi) is 4.61. The first kappa shape index (κ1) is 14.1. The fourth-order valence-electron chi connectivity index (χ4n) is 2.32. The molecule has 1 aromatic heterocycles. The number of halogens is 1. The lowest BCUT2D eigenvalue weighted by atomic mass is 9.97. The van der Waals surface area contributed by atoms with Gasteiger partial charge in [-0.1, -0.05) is 30.7 Å². The third-order valence-electron chi connectivity index (χ3n) is 3.32. The second-order valence-corrected chi connectivity index (χ2v) is 5.16. The van der Waals surface area contributed by atoms with E-state index < -0.39 is 0 Å². The number of nitrogens with one attached hydrogen (secondary N) is 1. The molecule has 102 valence electrons. The van der Waals surface area contributed by atoms with Crippen LogP contribution >= 0.6 is 11.6 Å². The zero-order valence-corrected chi connectivity index (χ0v) is 12.4. The molecule has 2 rings (SSSR count). The van der Waals surface area contributed by atoms with Crippen LogP contribution in [0, 0.1) is 6.92 Å². The minimum atomic E-state index is 0.249. The van der Waals surface area contributed by atoms with Crippen molar-refractivity contribution in [3.8, 4) is 0 Å². The molecule has 0 fully saturated rings. The molecule has 0 aliphatic carbocycles. The van der Waals surface area contributed by atoms with E-state index in [-0.39, 0.29) is 6.04 Å². The lowest BCUT2D eigenvalue weighted by Gasteiger charge is -2.20. The number of aryl methyl sites for hydroxylation is 1. The Morgan fingerprint density at radius 2 is 2.16 bits per heavy atom. The summed E-state index contributed by atoms with van der Waals surface area (Å²) in [5.41, 5.74) is 3.49. The number of aromatic nitrogens is 2. The molecular weight excluding hydrogens is 258 g/mol. The molecule has 1 N–H and O–H groups in total. The van der Waals surface area contributed by atoms with Crippen molar-refractivity contribution in [2.75, 3.05) is 6.54 Å². The van der Waals surface area contributed by atoms with Gasteiger partial charge in [-0.05, 0) is 36.7 Å². The van der Waals surface area contributed by atoms with Crippen LogP contribution in [0.1, 0.15) is 29.8 Å². The minimum Gasteiger partial charge on any atom is -0.310 e. The first-order valence-corrected chi connectivity index (χ1v) is 6.96. The zero-order chi connectivity index (χ0) is 13.8. The van der Waals surface area contributed by atoms with E-state index in [9.17, 15) is 0 Å². The van der Waals surface area contributed by atoms with Gasteiger partial charge in [-0.15, -0.1) is 0 Å². The highest BCUT2D eigenvalue weighted by Crippen LogP contribution is 2.26. The second-order valence-electron chi connectivity index (χ2n) is 4.75.